The molecule has 2 aliphatic heterocycles. The molecule has 2 N–H and O–H groups in total. The van der Waals surface area contributed by atoms with Gasteiger partial charge < -0.3 is 20.1 Å². The van der Waals surface area contributed by atoms with E-state index in [0.717, 1.165) is 74.1 Å². The molecular formula is C23H27N7O2S. The lowest BCUT2D eigenvalue weighted by Crippen LogP contribution is -2.46. The van der Waals surface area contributed by atoms with E-state index in [4.69, 9.17) is 9.47 Å². The van der Waals surface area contributed by atoms with Crippen molar-refractivity contribution in [1.29, 1.82) is 0 Å². The summed E-state index contributed by atoms with van der Waals surface area (Å²) in [5, 5.41) is 7.29. The molecule has 0 radical (unpaired) electrons. The molecule has 3 aromatic heterocycles. The summed E-state index contributed by atoms with van der Waals surface area (Å²) in [5.41, 5.74) is 2.38. The van der Waals surface area contributed by atoms with Crippen LogP contribution < -0.4 is 15.4 Å². The number of anilines is 2. The van der Waals surface area contributed by atoms with Gasteiger partial charge in [0.05, 0.1) is 23.8 Å². The molecule has 2 saturated heterocycles. The van der Waals surface area contributed by atoms with Crippen LogP contribution in [0.25, 0.3) is 10.6 Å². The molecule has 1 saturated carbocycles. The fraction of sp³-hybridized carbons (Fsp3) is 0.522. The second-order valence-corrected chi connectivity index (χ2v) is 10.2. The van der Waals surface area contributed by atoms with Gasteiger partial charge >= 0.3 is 6.01 Å². The quantitative estimate of drug-likeness (QED) is 0.565. The predicted molar refractivity (Wildman–Crippen MR) is 125 cm³/mol. The van der Waals surface area contributed by atoms with E-state index in [1.165, 1.54) is 16.9 Å². The van der Waals surface area contributed by atoms with Crippen molar-refractivity contribution in [3.8, 4) is 16.6 Å². The Morgan fingerprint density at radius 2 is 1.91 bits per heavy atom. The summed E-state index contributed by atoms with van der Waals surface area (Å²) >= 11 is 1.50. The highest BCUT2D eigenvalue weighted by atomic mass is 32.1. The predicted octanol–water partition coefficient (Wildman–Crippen LogP) is 3.55. The molecule has 0 amide bonds. The number of hydrogen-bond donors (Lipinski definition) is 2. The van der Waals surface area contributed by atoms with Crippen molar-refractivity contribution in [3.63, 3.8) is 0 Å². The van der Waals surface area contributed by atoms with Crippen LogP contribution >= 0.6 is 11.3 Å². The first-order valence-electron chi connectivity index (χ1n) is 11.6. The maximum absolute atomic E-state index is 6.12. The first-order chi connectivity index (χ1) is 16.2. The minimum absolute atomic E-state index is 0.172. The van der Waals surface area contributed by atoms with E-state index < -0.39 is 0 Å². The van der Waals surface area contributed by atoms with Crippen LogP contribution in [0.4, 0.5) is 11.1 Å². The molecule has 0 bridgehead atoms. The molecular weight excluding hydrogens is 438 g/mol. The van der Waals surface area contributed by atoms with Gasteiger partial charge in [-0.1, -0.05) is 11.3 Å². The molecule has 0 unspecified atom stereocenters. The summed E-state index contributed by atoms with van der Waals surface area (Å²) in [6.45, 7) is 3.85. The number of nitrogens with one attached hydrogen (secondary N) is 2. The highest BCUT2D eigenvalue weighted by Crippen LogP contribution is 2.43. The maximum Gasteiger partial charge on any atom is 0.317 e. The number of ether oxygens (including phenoxy) is 2. The molecule has 1 atom stereocenters. The molecule has 1 spiro atoms. The van der Waals surface area contributed by atoms with Crippen LogP contribution in [-0.2, 0) is 4.74 Å². The van der Waals surface area contributed by atoms with Gasteiger partial charge in [0.15, 0.2) is 5.13 Å². The van der Waals surface area contributed by atoms with E-state index in [2.05, 4.69) is 35.6 Å². The Kier molecular flexibility index (Phi) is 5.65. The van der Waals surface area contributed by atoms with Crippen LogP contribution in [-0.4, -0.2) is 57.3 Å². The average molecular weight is 466 g/mol. The van der Waals surface area contributed by atoms with Crippen LogP contribution in [0, 0.1) is 5.41 Å². The Bertz CT molecular complexity index is 1090. The van der Waals surface area contributed by atoms with Crippen molar-refractivity contribution in [2.45, 2.75) is 44.1 Å². The molecule has 5 heterocycles. The molecule has 10 heteroatoms. The van der Waals surface area contributed by atoms with Gasteiger partial charge in [0.1, 0.15) is 6.10 Å². The smallest absolute Gasteiger partial charge is 0.317 e. The van der Waals surface area contributed by atoms with Crippen molar-refractivity contribution >= 4 is 22.4 Å². The first-order valence-corrected chi connectivity index (χ1v) is 12.4. The van der Waals surface area contributed by atoms with E-state index in [1.807, 2.05) is 18.5 Å². The first kappa shape index (κ1) is 20.9. The van der Waals surface area contributed by atoms with Gasteiger partial charge in [-0.3, -0.25) is 0 Å². The van der Waals surface area contributed by atoms with Crippen LogP contribution in [0.5, 0.6) is 6.01 Å². The topological polar surface area (TPSA) is 107 Å². The van der Waals surface area contributed by atoms with E-state index in [0.29, 0.717) is 23.3 Å². The summed E-state index contributed by atoms with van der Waals surface area (Å²) in [6.07, 6.45) is 13.0. The third-order valence-electron chi connectivity index (χ3n) is 6.90. The van der Waals surface area contributed by atoms with Gasteiger partial charge in [-0.15, -0.1) is 0 Å². The normalized spacial score (nSPS) is 22.2. The minimum atomic E-state index is 0.172. The molecule has 172 valence electrons. The lowest BCUT2D eigenvalue weighted by atomic mass is 9.72. The summed E-state index contributed by atoms with van der Waals surface area (Å²) in [7, 11) is 0. The van der Waals surface area contributed by atoms with Gasteiger partial charge in [0.2, 0.25) is 5.95 Å². The maximum atomic E-state index is 6.12. The molecule has 1 aliphatic carbocycles. The zero-order valence-corrected chi connectivity index (χ0v) is 19.2. The van der Waals surface area contributed by atoms with E-state index in [1.54, 1.807) is 12.4 Å². The number of nitrogens with zero attached hydrogens (tertiary/aromatic N) is 5. The standard InChI is InChI=1S/C23H27N7O2S/c1-5-23(13-31-14-23)6-2-17(1)32-21-25-8-4-18(29-21)19-12-28-22(33-19)30-20-26-10-16(11-27-20)15-3-7-24-9-15/h4,8,10-12,15,17,24H,1-3,5-7,9,13-14H2,(H,26,27,28,30)/t15-/m0/s1. The number of rotatable bonds is 6. The molecule has 3 aliphatic rings. The number of thiazole rings is 1. The van der Waals surface area contributed by atoms with Crippen LogP contribution in [0.3, 0.4) is 0 Å². The van der Waals surface area contributed by atoms with Gasteiger partial charge in [-0.2, -0.15) is 4.98 Å². The second kappa shape index (κ2) is 8.92. The van der Waals surface area contributed by atoms with Crippen molar-refractivity contribution in [3.05, 3.63) is 36.4 Å². The lowest BCUT2D eigenvalue weighted by Gasteiger charge is -2.45. The second-order valence-electron chi connectivity index (χ2n) is 9.22. The van der Waals surface area contributed by atoms with E-state index in [-0.39, 0.29) is 6.10 Å². The summed E-state index contributed by atoms with van der Waals surface area (Å²) in [6, 6.07) is 2.31. The molecule has 6 rings (SSSR count). The SMILES string of the molecule is c1cc(-c2cnc(Nc3ncc([C@H]4CCNC4)cn3)s2)nc(OC2CCC3(CC2)COC3)n1. The minimum Gasteiger partial charge on any atom is -0.460 e. The van der Waals surface area contributed by atoms with Crippen molar-refractivity contribution < 1.29 is 9.47 Å². The molecule has 0 aromatic carbocycles. The number of hydrogen-bond acceptors (Lipinski definition) is 10. The zero-order valence-electron chi connectivity index (χ0n) is 18.4. The van der Waals surface area contributed by atoms with Crippen LogP contribution in [0.1, 0.15) is 43.6 Å². The van der Waals surface area contributed by atoms with Gasteiger partial charge in [-0.05, 0) is 50.3 Å². The molecule has 9 nitrogen and oxygen atoms in total. The van der Waals surface area contributed by atoms with Crippen molar-refractivity contribution in [2.24, 2.45) is 5.41 Å². The van der Waals surface area contributed by atoms with Crippen molar-refractivity contribution in [2.75, 3.05) is 31.6 Å². The fourth-order valence-corrected chi connectivity index (χ4v) is 5.56. The molecule has 3 fully saturated rings. The summed E-state index contributed by atoms with van der Waals surface area (Å²) in [5.74, 6) is 1.05. The van der Waals surface area contributed by atoms with Crippen LogP contribution in [0.15, 0.2) is 30.9 Å². The Hall–Kier alpha value is -2.69. The highest BCUT2D eigenvalue weighted by Gasteiger charge is 2.42. The lowest BCUT2D eigenvalue weighted by molar-refractivity contribution is -0.140. The third kappa shape index (κ3) is 4.55. The fourth-order valence-electron chi connectivity index (χ4n) is 4.78. The van der Waals surface area contributed by atoms with Gasteiger partial charge in [-0.25, -0.2) is 19.9 Å². The van der Waals surface area contributed by atoms with Gasteiger partial charge in [0.25, 0.3) is 0 Å². The molecule has 33 heavy (non-hydrogen) atoms. The van der Waals surface area contributed by atoms with Gasteiger partial charge in [0, 0.05) is 42.7 Å². The zero-order chi connectivity index (χ0) is 22.1. The summed E-state index contributed by atoms with van der Waals surface area (Å²) in [4.78, 5) is 23.3. The number of aromatic nitrogens is 5. The highest BCUT2D eigenvalue weighted by molar-refractivity contribution is 7.18. The largest absolute Gasteiger partial charge is 0.460 e. The average Bonchev–Trinajstić information content (AvgIpc) is 3.52. The Labute approximate surface area is 196 Å². The summed E-state index contributed by atoms with van der Waals surface area (Å²) < 4.78 is 11.5. The van der Waals surface area contributed by atoms with Crippen LogP contribution in [0.2, 0.25) is 0 Å². The Morgan fingerprint density at radius 3 is 2.64 bits per heavy atom. The van der Waals surface area contributed by atoms with Crippen molar-refractivity contribution in [1.82, 2.24) is 30.2 Å². The van der Waals surface area contributed by atoms with E-state index >= 15 is 0 Å². The Balaban J connectivity index is 1.08. The van der Waals surface area contributed by atoms with E-state index in [9.17, 15) is 0 Å². The third-order valence-corrected chi connectivity index (χ3v) is 7.83. The Morgan fingerprint density at radius 1 is 1.06 bits per heavy atom. The monoisotopic (exact) mass is 465 g/mol. The molecule has 3 aromatic rings.